The number of benzene rings is 1. The van der Waals surface area contributed by atoms with Gasteiger partial charge in [-0.2, -0.15) is 11.8 Å². The Hall–Kier alpha value is -1.90. The molecule has 1 heterocycles. The number of carbonyl (C=O) groups is 2. The minimum Gasteiger partial charge on any atom is -0.481 e. The Morgan fingerprint density at radius 2 is 2.25 bits per heavy atom. The molecule has 2 aromatic rings. The number of aromatic nitrogens is 1. The summed E-state index contributed by atoms with van der Waals surface area (Å²) in [4.78, 5) is 26.9. The second-order valence-electron chi connectivity index (χ2n) is 4.91. The number of rotatable bonds is 9. The molecular weight excluding hydrogens is 348 g/mol. The zero-order valence-corrected chi connectivity index (χ0v) is 14.8. The van der Waals surface area contributed by atoms with Crippen molar-refractivity contribution in [1.82, 2.24) is 4.98 Å². The van der Waals surface area contributed by atoms with Gasteiger partial charge in [0.15, 0.2) is 0 Å². The normalized spacial score (nSPS) is 10.5. The maximum Gasteiger partial charge on any atom is 0.304 e. The first-order chi connectivity index (χ1) is 11.6. The first kappa shape index (κ1) is 18.4. The van der Waals surface area contributed by atoms with Gasteiger partial charge in [0.05, 0.1) is 13.0 Å². The van der Waals surface area contributed by atoms with Crippen molar-refractivity contribution in [3.05, 3.63) is 45.9 Å². The Morgan fingerprint density at radius 3 is 3.00 bits per heavy atom. The van der Waals surface area contributed by atoms with Gasteiger partial charge >= 0.3 is 5.97 Å². The fourth-order valence-corrected chi connectivity index (χ4v) is 3.51. The van der Waals surface area contributed by atoms with Crippen LogP contribution in [0.15, 0.2) is 29.6 Å². The molecule has 1 amide bonds. The number of aliphatic carboxylic acids is 1. The van der Waals surface area contributed by atoms with Crippen molar-refractivity contribution in [2.75, 3.05) is 18.2 Å². The fourth-order valence-electron chi connectivity index (χ4n) is 1.89. The number of carbonyl (C=O) groups excluding carboxylic acids is 1. The number of methoxy groups -OCH3 is 1. The third-order valence-corrected chi connectivity index (χ3v) is 4.82. The maximum absolute atomic E-state index is 12.2. The zero-order valence-electron chi connectivity index (χ0n) is 13.2. The van der Waals surface area contributed by atoms with E-state index in [1.165, 1.54) is 11.3 Å². The molecule has 0 aliphatic rings. The number of thiazole rings is 1. The highest BCUT2D eigenvalue weighted by molar-refractivity contribution is 7.98. The Balaban J connectivity index is 1.90. The van der Waals surface area contributed by atoms with Crippen molar-refractivity contribution in [3.63, 3.8) is 0 Å². The number of carboxylic acids is 1. The van der Waals surface area contributed by atoms with Crippen molar-refractivity contribution >= 4 is 40.7 Å². The highest BCUT2D eigenvalue weighted by Gasteiger charge is 2.11. The van der Waals surface area contributed by atoms with E-state index in [2.05, 4.69) is 10.3 Å². The molecule has 0 atom stereocenters. The quantitative estimate of drug-likeness (QED) is 0.662. The van der Waals surface area contributed by atoms with Gasteiger partial charge in [-0.25, -0.2) is 4.98 Å². The van der Waals surface area contributed by atoms with E-state index in [0.29, 0.717) is 29.5 Å². The molecule has 128 valence electrons. The molecule has 1 aromatic carbocycles. The minimum absolute atomic E-state index is 0.148. The lowest BCUT2D eigenvalue weighted by atomic mass is 10.2. The number of hydrogen-bond donors (Lipinski definition) is 2. The second-order valence-corrected chi connectivity index (χ2v) is 6.96. The first-order valence-corrected chi connectivity index (χ1v) is 9.25. The number of anilines is 1. The Morgan fingerprint density at radius 1 is 1.42 bits per heavy atom. The van der Waals surface area contributed by atoms with Crippen LogP contribution in [0, 0.1) is 0 Å². The molecular formula is C16H18N2O4S2. The molecule has 0 saturated heterocycles. The van der Waals surface area contributed by atoms with Gasteiger partial charge in [0.25, 0.3) is 5.91 Å². The Bertz CT molecular complexity index is 703. The fraction of sp³-hybridized carbons (Fsp3) is 0.312. The second kappa shape index (κ2) is 9.41. The van der Waals surface area contributed by atoms with E-state index in [9.17, 15) is 9.59 Å². The number of carboxylic acid groups (broad SMARTS) is 1. The van der Waals surface area contributed by atoms with E-state index in [-0.39, 0.29) is 12.3 Å². The Kier molecular flexibility index (Phi) is 7.23. The van der Waals surface area contributed by atoms with E-state index < -0.39 is 5.97 Å². The zero-order chi connectivity index (χ0) is 17.4. The lowest BCUT2D eigenvalue weighted by molar-refractivity contribution is -0.136. The van der Waals surface area contributed by atoms with Gasteiger partial charge in [0.2, 0.25) is 0 Å². The van der Waals surface area contributed by atoms with Crippen LogP contribution in [-0.2, 0) is 21.9 Å². The van der Waals surface area contributed by atoms with Gasteiger partial charge in [0.1, 0.15) is 10.7 Å². The number of nitrogens with one attached hydrogen (secondary N) is 1. The van der Waals surface area contributed by atoms with E-state index in [1.807, 2.05) is 24.3 Å². The average molecular weight is 366 g/mol. The molecule has 2 N–H and O–H groups in total. The lowest BCUT2D eigenvalue weighted by Crippen LogP contribution is -2.12. The Labute approximate surface area is 148 Å². The topological polar surface area (TPSA) is 88.5 Å². The molecule has 24 heavy (non-hydrogen) atoms. The van der Waals surface area contributed by atoms with Crippen LogP contribution in [0.25, 0.3) is 0 Å². The SMILES string of the molecule is COCc1nc(C(=O)Nc2cccc(CSCCC(=O)O)c2)cs1. The third-order valence-electron chi connectivity index (χ3n) is 2.97. The predicted octanol–water partition coefficient (Wildman–Crippen LogP) is 3.25. The van der Waals surface area contributed by atoms with Crippen molar-refractivity contribution in [2.24, 2.45) is 0 Å². The van der Waals surface area contributed by atoms with Crippen LogP contribution < -0.4 is 5.32 Å². The van der Waals surface area contributed by atoms with Crippen molar-refractivity contribution < 1.29 is 19.4 Å². The highest BCUT2D eigenvalue weighted by Crippen LogP contribution is 2.18. The summed E-state index contributed by atoms with van der Waals surface area (Å²) in [5.41, 5.74) is 2.09. The summed E-state index contributed by atoms with van der Waals surface area (Å²) in [5, 5.41) is 13.9. The first-order valence-electron chi connectivity index (χ1n) is 7.21. The monoisotopic (exact) mass is 366 g/mol. The molecule has 6 nitrogen and oxygen atoms in total. The van der Waals surface area contributed by atoms with Crippen LogP contribution in [0.5, 0.6) is 0 Å². The number of ether oxygens (including phenoxy) is 1. The summed E-state index contributed by atoms with van der Waals surface area (Å²) in [6.45, 7) is 0.390. The summed E-state index contributed by atoms with van der Waals surface area (Å²) < 4.78 is 4.99. The van der Waals surface area contributed by atoms with E-state index in [0.717, 1.165) is 10.6 Å². The summed E-state index contributed by atoms with van der Waals surface area (Å²) in [6, 6.07) is 7.50. The molecule has 0 radical (unpaired) electrons. The molecule has 0 aliphatic heterocycles. The predicted molar refractivity (Wildman–Crippen MR) is 95.6 cm³/mol. The standard InChI is InChI=1S/C16H18N2O4S2/c1-22-8-14-18-13(10-24-14)16(21)17-12-4-2-3-11(7-12)9-23-6-5-15(19)20/h2-4,7,10H,5-6,8-9H2,1H3,(H,17,21)(H,19,20). The van der Waals surface area contributed by atoms with Gasteiger partial charge < -0.3 is 15.2 Å². The molecule has 8 heteroatoms. The van der Waals surface area contributed by atoms with Crippen molar-refractivity contribution in [2.45, 2.75) is 18.8 Å². The van der Waals surface area contributed by atoms with Crippen LogP contribution >= 0.6 is 23.1 Å². The lowest BCUT2D eigenvalue weighted by Gasteiger charge is -2.06. The van der Waals surface area contributed by atoms with Gasteiger partial charge in [-0.3, -0.25) is 9.59 Å². The minimum atomic E-state index is -0.792. The van der Waals surface area contributed by atoms with Gasteiger partial charge in [-0.05, 0) is 17.7 Å². The summed E-state index contributed by atoms with van der Waals surface area (Å²) >= 11 is 2.93. The molecule has 2 rings (SSSR count). The number of hydrogen-bond acceptors (Lipinski definition) is 6. The average Bonchev–Trinajstić information content (AvgIpc) is 3.01. The summed E-state index contributed by atoms with van der Waals surface area (Å²) in [6.07, 6.45) is 0.148. The van der Waals surface area contributed by atoms with Crippen molar-refractivity contribution in [1.29, 1.82) is 0 Å². The van der Waals surface area contributed by atoms with Gasteiger partial charge in [0, 0.05) is 29.7 Å². The van der Waals surface area contributed by atoms with Crippen LogP contribution in [0.4, 0.5) is 5.69 Å². The van der Waals surface area contributed by atoms with Crippen LogP contribution in [0.3, 0.4) is 0 Å². The third kappa shape index (κ3) is 5.95. The molecule has 0 fully saturated rings. The molecule has 1 aromatic heterocycles. The number of amides is 1. The van der Waals surface area contributed by atoms with Gasteiger partial charge in [-0.1, -0.05) is 12.1 Å². The van der Waals surface area contributed by atoms with Crippen LogP contribution in [-0.4, -0.2) is 34.8 Å². The number of thioether (sulfide) groups is 1. The molecule has 0 unspecified atom stereocenters. The maximum atomic E-state index is 12.2. The van der Waals surface area contributed by atoms with Crippen LogP contribution in [0.2, 0.25) is 0 Å². The molecule has 0 aliphatic carbocycles. The van der Waals surface area contributed by atoms with E-state index >= 15 is 0 Å². The van der Waals surface area contributed by atoms with E-state index in [1.54, 1.807) is 24.3 Å². The molecule has 0 spiro atoms. The van der Waals surface area contributed by atoms with Crippen molar-refractivity contribution in [3.8, 4) is 0 Å². The highest BCUT2D eigenvalue weighted by atomic mass is 32.2. The van der Waals surface area contributed by atoms with Gasteiger partial charge in [-0.15, -0.1) is 11.3 Å². The summed E-state index contributed by atoms with van der Waals surface area (Å²) in [5.74, 6) is 0.211. The molecule has 0 saturated carbocycles. The largest absolute Gasteiger partial charge is 0.481 e. The molecule has 0 bridgehead atoms. The number of nitrogens with zero attached hydrogens (tertiary/aromatic N) is 1. The summed E-state index contributed by atoms with van der Waals surface area (Å²) in [7, 11) is 1.58. The van der Waals surface area contributed by atoms with E-state index in [4.69, 9.17) is 9.84 Å². The smallest absolute Gasteiger partial charge is 0.304 e. The van der Waals surface area contributed by atoms with Crippen LogP contribution in [0.1, 0.15) is 27.5 Å².